The molecule has 0 bridgehead atoms. The monoisotopic (exact) mass is 910 g/mol. The van der Waals surface area contributed by atoms with Crippen molar-refractivity contribution in [1.29, 1.82) is 0 Å². The molecule has 2 unspecified atom stereocenters. The number of para-hydroxylation sites is 2. The van der Waals surface area contributed by atoms with Gasteiger partial charge in [-0.15, -0.1) is 0 Å². The maximum absolute atomic E-state index is 13.8. The number of carboxylic acids is 1. The molecule has 0 saturated carbocycles. The van der Waals surface area contributed by atoms with E-state index in [0.29, 0.717) is 16.9 Å². The van der Waals surface area contributed by atoms with Crippen LogP contribution < -0.4 is 24.3 Å². The molecule has 0 radical (unpaired) electrons. The molecule has 0 aliphatic carbocycles. The van der Waals surface area contributed by atoms with E-state index in [0.717, 1.165) is 39.0 Å². The van der Waals surface area contributed by atoms with Crippen LogP contribution in [-0.4, -0.2) is 60.5 Å². The fraction of sp³-hybridized carbons (Fsp3) is 0.146. The Bertz CT molecular complexity index is 2810. The van der Waals surface area contributed by atoms with Gasteiger partial charge in [0.05, 0.1) is 33.9 Å². The van der Waals surface area contributed by atoms with Gasteiger partial charge in [0.2, 0.25) is 23.6 Å². The molecule has 2 atom stereocenters. The molecule has 6 aromatic rings. The summed E-state index contributed by atoms with van der Waals surface area (Å²) in [5.41, 5.74) is -0.441. The van der Waals surface area contributed by atoms with Gasteiger partial charge in [0.1, 0.15) is 23.3 Å². The second kappa shape index (κ2) is 18.1. The quantitative estimate of drug-likeness (QED) is 0.119. The van der Waals surface area contributed by atoms with E-state index in [2.05, 4.69) is 0 Å². The summed E-state index contributed by atoms with van der Waals surface area (Å²) in [5.74, 6) is -6.29. The molecule has 4 amide bonds. The number of aromatic hydroxyl groups is 1. The maximum Gasteiger partial charge on any atom is 0.416 e. The minimum atomic E-state index is -4.65. The summed E-state index contributed by atoms with van der Waals surface area (Å²) < 4.78 is 86.0. The molecule has 0 saturated heterocycles. The van der Waals surface area contributed by atoms with Crippen molar-refractivity contribution in [1.82, 2.24) is 0 Å². The van der Waals surface area contributed by atoms with E-state index in [4.69, 9.17) is 9.84 Å². The van der Waals surface area contributed by atoms with Gasteiger partial charge >= 0.3 is 18.3 Å². The van der Waals surface area contributed by atoms with Crippen molar-refractivity contribution < 1.29 is 65.3 Å². The molecule has 18 heteroatoms. The van der Waals surface area contributed by atoms with E-state index in [1.807, 2.05) is 0 Å². The number of carbonyl (C=O) groups excluding carboxylic acids is 4. The Morgan fingerprint density at radius 2 is 0.909 bits per heavy atom. The zero-order valence-electron chi connectivity index (χ0n) is 34.6. The minimum absolute atomic E-state index is 0.0383. The van der Waals surface area contributed by atoms with E-state index in [-0.39, 0.29) is 39.8 Å². The Hall–Kier alpha value is -8.15. The number of carbonyl (C=O) groups is 5. The van der Waals surface area contributed by atoms with Crippen LogP contribution in [0.1, 0.15) is 34.1 Å². The Kier molecular flexibility index (Phi) is 12.6. The second-order valence-corrected chi connectivity index (χ2v) is 14.9. The molecule has 2 heterocycles. The van der Waals surface area contributed by atoms with Crippen LogP contribution in [-0.2, 0) is 36.3 Å². The van der Waals surface area contributed by atoms with Gasteiger partial charge in [-0.05, 0) is 96.1 Å². The highest BCUT2D eigenvalue weighted by Gasteiger charge is 2.44. The van der Waals surface area contributed by atoms with Crippen molar-refractivity contribution in [3.63, 3.8) is 0 Å². The van der Waals surface area contributed by atoms with Crippen LogP contribution in [0.15, 0.2) is 146 Å². The van der Waals surface area contributed by atoms with E-state index in [1.54, 1.807) is 60.7 Å². The van der Waals surface area contributed by atoms with Gasteiger partial charge in [-0.1, -0.05) is 60.7 Å². The van der Waals surface area contributed by atoms with Crippen molar-refractivity contribution in [3.05, 3.63) is 168 Å². The van der Waals surface area contributed by atoms with Crippen molar-refractivity contribution >= 4 is 63.7 Å². The Balaban J connectivity index is 0.000000198. The van der Waals surface area contributed by atoms with E-state index in [9.17, 15) is 55.4 Å². The zero-order valence-corrected chi connectivity index (χ0v) is 34.6. The summed E-state index contributed by atoms with van der Waals surface area (Å²) in [6.45, 7) is -0.567. The molecular weight excluding hydrogens is 875 g/mol. The number of likely N-dealkylation sites (N-methyl/N-ethyl adjacent to an activating group) is 2. The third-order valence-electron chi connectivity index (χ3n) is 10.7. The van der Waals surface area contributed by atoms with Crippen LogP contribution in [0, 0.1) is 0 Å². The number of phenolic OH excluding ortho intramolecular Hbond substituents is 1. The number of halogens is 6. The SMILES string of the molecule is CN1C(=O)C(c2ccc(O)cc2)C(=O)N(c2ccccc2)c2cc(C(F)(F)F)ccc21.CN1C(=O)C(c2ccc(OCC(=O)O)cc2)C(=O)N(c2ccccc2)c2cc(C(F)(F)F)ccc21. The normalized spacial score (nSPS) is 16.4. The summed E-state index contributed by atoms with van der Waals surface area (Å²) in [7, 11) is 2.82. The highest BCUT2D eigenvalue weighted by Crippen LogP contribution is 2.46. The molecule has 2 N–H and O–H groups in total. The number of alkyl halides is 6. The number of amides is 4. The molecular formula is C48H36F6N4O8. The lowest BCUT2D eigenvalue weighted by Gasteiger charge is -2.26. The number of phenols is 1. The van der Waals surface area contributed by atoms with Gasteiger partial charge in [0, 0.05) is 25.5 Å². The van der Waals surface area contributed by atoms with Gasteiger partial charge < -0.3 is 24.7 Å². The fourth-order valence-electron chi connectivity index (χ4n) is 7.48. The Labute approximate surface area is 372 Å². The molecule has 0 spiro atoms. The van der Waals surface area contributed by atoms with Gasteiger partial charge in [-0.3, -0.25) is 29.0 Å². The van der Waals surface area contributed by atoms with Crippen LogP contribution in [0.3, 0.4) is 0 Å². The minimum Gasteiger partial charge on any atom is -0.508 e. The first kappa shape index (κ1) is 45.9. The predicted octanol–water partition coefficient (Wildman–Crippen LogP) is 9.43. The standard InChI is InChI=1S/C25H19F3N2O5.C23H17F3N2O3/c1-29-19-12-9-16(25(26,27)28)13-20(19)30(17-5-3-2-4-6-17)24(34)22(23(29)33)15-7-10-18(11-8-15)35-14-21(31)32;1-27-18-12-9-15(23(24,25)26)13-19(18)28(16-5-3-2-4-6-16)22(31)20(21(27)30)14-7-10-17(29)11-8-14/h2-13,22H,14H2,1H3,(H,31,32);2-13,20,29H,1H3. The molecule has 66 heavy (non-hydrogen) atoms. The van der Waals surface area contributed by atoms with Crippen LogP contribution >= 0.6 is 0 Å². The summed E-state index contributed by atoms with van der Waals surface area (Å²) in [5, 5.41) is 18.3. The Morgan fingerprint density at radius 1 is 0.530 bits per heavy atom. The van der Waals surface area contributed by atoms with Crippen LogP contribution in [0.2, 0.25) is 0 Å². The molecule has 2 aliphatic rings. The van der Waals surface area contributed by atoms with Crippen molar-refractivity contribution in [2.45, 2.75) is 24.2 Å². The molecule has 12 nitrogen and oxygen atoms in total. The topological polar surface area (TPSA) is 148 Å². The zero-order chi connectivity index (χ0) is 47.7. The number of rotatable bonds is 7. The first-order valence-corrected chi connectivity index (χ1v) is 19.8. The lowest BCUT2D eigenvalue weighted by atomic mass is 9.96. The molecule has 6 aromatic carbocycles. The lowest BCUT2D eigenvalue weighted by molar-refractivity contribution is -0.139. The second-order valence-electron chi connectivity index (χ2n) is 14.9. The number of carboxylic acid groups (broad SMARTS) is 1. The van der Waals surface area contributed by atoms with Crippen molar-refractivity contribution in [3.8, 4) is 11.5 Å². The number of ether oxygens (including phenoxy) is 1. The molecule has 0 aromatic heterocycles. The van der Waals surface area contributed by atoms with E-state index >= 15 is 0 Å². The average molecular weight is 911 g/mol. The highest BCUT2D eigenvalue weighted by atomic mass is 19.4. The van der Waals surface area contributed by atoms with Gasteiger partial charge in [0.25, 0.3) is 0 Å². The van der Waals surface area contributed by atoms with Crippen LogP contribution in [0.4, 0.5) is 60.5 Å². The van der Waals surface area contributed by atoms with Gasteiger partial charge in [-0.25, -0.2) is 4.79 Å². The number of hydrogen-bond acceptors (Lipinski definition) is 7. The van der Waals surface area contributed by atoms with Crippen LogP contribution in [0.25, 0.3) is 0 Å². The molecule has 8 rings (SSSR count). The summed E-state index contributed by atoms with van der Waals surface area (Å²) in [6, 6.07) is 33.5. The van der Waals surface area contributed by atoms with Crippen molar-refractivity contribution in [2.75, 3.05) is 40.3 Å². The number of benzene rings is 6. The average Bonchev–Trinajstić information content (AvgIpc) is 3.42. The number of nitrogens with zero attached hydrogens (tertiary/aromatic N) is 4. The largest absolute Gasteiger partial charge is 0.508 e. The first-order chi connectivity index (χ1) is 31.3. The number of hydrogen-bond donors (Lipinski definition) is 2. The molecule has 2 aliphatic heterocycles. The van der Waals surface area contributed by atoms with E-state index in [1.165, 1.54) is 79.7 Å². The lowest BCUT2D eigenvalue weighted by Crippen LogP contribution is -2.37. The van der Waals surface area contributed by atoms with Gasteiger partial charge in [0.15, 0.2) is 6.61 Å². The summed E-state index contributed by atoms with van der Waals surface area (Å²) in [4.78, 5) is 69.5. The number of anilines is 6. The summed E-state index contributed by atoms with van der Waals surface area (Å²) >= 11 is 0. The number of aliphatic carboxylic acids is 1. The van der Waals surface area contributed by atoms with E-state index < -0.39 is 71.5 Å². The van der Waals surface area contributed by atoms with Gasteiger partial charge in [-0.2, -0.15) is 26.3 Å². The first-order valence-electron chi connectivity index (χ1n) is 19.8. The molecule has 0 fully saturated rings. The smallest absolute Gasteiger partial charge is 0.416 e. The molecule has 338 valence electrons. The fourth-order valence-corrected chi connectivity index (χ4v) is 7.48. The predicted molar refractivity (Wildman–Crippen MR) is 230 cm³/mol. The Morgan fingerprint density at radius 3 is 1.27 bits per heavy atom. The third-order valence-corrected chi connectivity index (χ3v) is 10.7. The summed E-state index contributed by atoms with van der Waals surface area (Å²) in [6.07, 6.45) is -9.27. The van der Waals surface area contributed by atoms with Crippen LogP contribution in [0.5, 0.6) is 11.5 Å². The highest BCUT2D eigenvalue weighted by molar-refractivity contribution is 6.24. The van der Waals surface area contributed by atoms with Crippen molar-refractivity contribution in [2.24, 2.45) is 0 Å². The number of fused-ring (bicyclic) bond motifs is 2. The maximum atomic E-state index is 13.8. The third kappa shape index (κ3) is 9.24.